The van der Waals surface area contributed by atoms with Gasteiger partial charge < -0.3 is 4.74 Å². The molecular formula is C11H12F2N2O3S. The predicted molar refractivity (Wildman–Crippen MR) is 65.2 cm³/mol. The van der Waals surface area contributed by atoms with Gasteiger partial charge in [-0.2, -0.15) is 5.10 Å². The summed E-state index contributed by atoms with van der Waals surface area (Å²) in [7, 11) is -2.37. The quantitative estimate of drug-likeness (QED) is 0.914. The third-order valence-electron chi connectivity index (χ3n) is 2.73. The lowest BCUT2D eigenvalue weighted by molar-refractivity contribution is 0.106. The van der Waals surface area contributed by atoms with E-state index in [1.807, 2.05) is 0 Å². The van der Waals surface area contributed by atoms with E-state index in [4.69, 9.17) is 4.74 Å². The number of rotatable bonds is 3. The zero-order valence-corrected chi connectivity index (χ0v) is 10.8. The molecule has 1 atom stereocenters. The van der Waals surface area contributed by atoms with Crippen molar-refractivity contribution in [2.45, 2.75) is 23.8 Å². The van der Waals surface area contributed by atoms with E-state index >= 15 is 0 Å². The lowest BCUT2D eigenvalue weighted by Gasteiger charge is -2.07. The van der Waals surface area contributed by atoms with Gasteiger partial charge in [0.25, 0.3) is 6.43 Å². The SMILES string of the molecule is COc1ccc(S(=O)(=O)C2=NNC(C(F)F)C2)cc1. The van der Waals surface area contributed by atoms with E-state index in [1.165, 1.54) is 31.4 Å². The lowest BCUT2D eigenvalue weighted by atomic mass is 10.2. The molecule has 1 unspecified atom stereocenters. The standard InChI is InChI=1S/C11H12F2N2O3S/c1-18-7-2-4-8(5-3-7)19(16,17)10-6-9(11(12)13)14-15-10/h2-5,9,11,14H,6H2,1H3. The lowest BCUT2D eigenvalue weighted by Crippen LogP contribution is -2.28. The summed E-state index contributed by atoms with van der Waals surface area (Å²) in [6, 6.07) is 4.43. The van der Waals surface area contributed by atoms with Crippen molar-refractivity contribution in [3.63, 3.8) is 0 Å². The van der Waals surface area contributed by atoms with Crippen LogP contribution in [-0.4, -0.2) is 33.0 Å². The molecule has 1 N–H and O–H groups in total. The molecule has 1 aromatic rings. The second kappa shape index (κ2) is 5.12. The third-order valence-corrected chi connectivity index (χ3v) is 4.50. The van der Waals surface area contributed by atoms with E-state index in [0.29, 0.717) is 5.75 Å². The highest BCUT2D eigenvalue weighted by Gasteiger charge is 2.34. The fourth-order valence-electron chi connectivity index (χ4n) is 1.64. The molecule has 0 fully saturated rings. The minimum atomic E-state index is -3.83. The smallest absolute Gasteiger partial charge is 0.260 e. The first-order valence-corrected chi connectivity index (χ1v) is 6.93. The van der Waals surface area contributed by atoms with Gasteiger partial charge in [0.15, 0.2) is 5.04 Å². The van der Waals surface area contributed by atoms with Crippen molar-refractivity contribution in [1.29, 1.82) is 0 Å². The van der Waals surface area contributed by atoms with E-state index in [0.717, 1.165) is 0 Å². The predicted octanol–water partition coefficient (Wildman–Crippen LogP) is 1.41. The number of sulfone groups is 1. The molecule has 0 saturated carbocycles. The molecule has 0 amide bonds. The topological polar surface area (TPSA) is 67.8 Å². The van der Waals surface area contributed by atoms with Gasteiger partial charge in [-0.15, -0.1) is 0 Å². The van der Waals surface area contributed by atoms with Crippen LogP contribution in [0.2, 0.25) is 0 Å². The van der Waals surface area contributed by atoms with Crippen LogP contribution in [0.15, 0.2) is 34.3 Å². The Labute approximate surface area is 109 Å². The summed E-state index contributed by atoms with van der Waals surface area (Å²) < 4.78 is 54.1. The summed E-state index contributed by atoms with van der Waals surface area (Å²) in [4.78, 5) is 0.00349. The number of ether oxygens (including phenoxy) is 1. The zero-order valence-electron chi connectivity index (χ0n) is 10.0. The van der Waals surface area contributed by atoms with E-state index in [9.17, 15) is 17.2 Å². The summed E-state index contributed by atoms with van der Waals surface area (Å²) in [5.74, 6) is 0.510. The molecule has 0 bridgehead atoms. The number of hydrogen-bond donors (Lipinski definition) is 1. The molecule has 1 aliphatic rings. The average Bonchev–Trinajstić information content (AvgIpc) is 2.89. The second-order valence-corrected chi connectivity index (χ2v) is 5.91. The Morgan fingerprint density at radius 2 is 2.00 bits per heavy atom. The van der Waals surface area contributed by atoms with Crippen molar-refractivity contribution in [2.75, 3.05) is 7.11 Å². The summed E-state index contributed by atoms with van der Waals surface area (Å²) in [5, 5.41) is 3.22. The van der Waals surface area contributed by atoms with Crippen LogP contribution < -0.4 is 10.2 Å². The van der Waals surface area contributed by atoms with E-state index in [1.54, 1.807) is 0 Å². The van der Waals surface area contributed by atoms with Crippen molar-refractivity contribution in [3.8, 4) is 5.75 Å². The minimum Gasteiger partial charge on any atom is -0.497 e. The summed E-state index contributed by atoms with van der Waals surface area (Å²) in [5.41, 5.74) is 2.14. The molecule has 0 spiro atoms. The van der Waals surface area contributed by atoms with E-state index in [2.05, 4.69) is 10.5 Å². The van der Waals surface area contributed by atoms with Crippen molar-refractivity contribution in [1.82, 2.24) is 5.43 Å². The Kier molecular flexibility index (Phi) is 3.70. The van der Waals surface area contributed by atoms with Gasteiger partial charge in [0, 0.05) is 6.42 Å². The summed E-state index contributed by atoms with van der Waals surface area (Å²) in [6.07, 6.45) is -2.97. The van der Waals surface area contributed by atoms with Crippen LogP contribution in [0.1, 0.15) is 6.42 Å². The van der Waals surface area contributed by atoms with Gasteiger partial charge in [-0.1, -0.05) is 0 Å². The van der Waals surface area contributed by atoms with Crippen LogP contribution in [0.5, 0.6) is 5.75 Å². The normalized spacial score (nSPS) is 19.2. The van der Waals surface area contributed by atoms with Crippen molar-refractivity contribution >= 4 is 14.9 Å². The summed E-state index contributed by atoms with van der Waals surface area (Å²) >= 11 is 0. The van der Waals surface area contributed by atoms with Crippen LogP contribution in [0.25, 0.3) is 0 Å². The number of benzene rings is 1. The zero-order chi connectivity index (χ0) is 14.0. The fourth-order valence-corrected chi connectivity index (χ4v) is 2.98. The van der Waals surface area contributed by atoms with Gasteiger partial charge in [-0.05, 0) is 24.3 Å². The van der Waals surface area contributed by atoms with E-state index < -0.39 is 22.3 Å². The molecule has 0 saturated heterocycles. The molecule has 2 rings (SSSR count). The number of hydrazone groups is 1. The number of methoxy groups -OCH3 is 1. The minimum absolute atomic E-state index is 0.00349. The maximum absolute atomic E-state index is 12.5. The fraction of sp³-hybridized carbons (Fsp3) is 0.364. The van der Waals surface area contributed by atoms with Crippen LogP contribution >= 0.6 is 0 Å². The average molecular weight is 290 g/mol. The van der Waals surface area contributed by atoms with Gasteiger partial charge in [0.05, 0.1) is 12.0 Å². The highest BCUT2D eigenvalue weighted by atomic mass is 32.2. The van der Waals surface area contributed by atoms with Crippen LogP contribution in [-0.2, 0) is 9.84 Å². The maximum atomic E-state index is 12.5. The number of halogens is 2. The van der Waals surface area contributed by atoms with Crippen LogP contribution in [0, 0.1) is 0 Å². The molecule has 0 aliphatic carbocycles. The molecule has 0 aromatic heterocycles. The third kappa shape index (κ3) is 2.67. The molecule has 104 valence electrons. The van der Waals surface area contributed by atoms with Gasteiger partial charge in [0.1, 0.15) is 11.8 Å². The van der Waals surface area contributed by atoms with Crippen molar-refractivity contribution in [3.05, 3.63) is 24.3 Å². The first-order valence-electron chi connectivity index (χ1n) is 5.44. The van der Waals surface area contributed by atoms with Crippen LogP contribution in [0.4, 0.5) is 8.78 Å². The molecule has 1 heterocycles. The second-order valence-electron chi connectivity index (χ2n) is 3.96. The molecular weight excluding hydrogens is 278 g/mol. The first kappa shape index (κ1) is 13.7. The molecule has 1 aliphatic heterocycles. The Bertz CT molecular complexity index is 584. The molecule has 5 nitrogen and oxygen atoms in total. The van der Waals surface area contributed by atoms with Gasteiger partial charge in [-0.3, -0.25) is 5.43 Å². The largest absolute Gasteiger partial charge is 0.497 e. The van der Waals surface area contributed by atoms with Crippen molar-refractivity contribution in [2.24, 2.45) is 5.10 Å². The number of alkyl halides is 2. The first-order chi connectivity index (χ1) is 8.95. The Hall–Kier alpha value is -1.70. The van der Waals surface area contributed by atoms with Crippen molar-refractivity contribution < 1.29 is 21.9 Å². The van der Waals surface area contributed by atoms with Gasteiger partial charge in [0.2, 0.25) is 9.84 Å². The molecule has 1 aromatic carbocycles. The highest BCUT2D eigenvalue weighted by molar-refractivity contribution is 8.06. The Balaban J connectivity index is 2.23. The number of nitrogens with one attached hydrogen (secondary N) is 1. The van der Waals surface area contributed by atoms with E-state index in [-0.39, 0.29) is 16.4 Å². The monoisotopic (exact) mass is 290 g/mol. The van der Waals surface area contributed by atoms with Gasteiger partial charge >= 0.3 is 0 Å². The molecule has 8 heteroatoms. The number of hydrogen-bond acceptors (Lipinski definition) is 5. The molecule has 0 radical (unpaired) electrons. The Morgan fingerprint density at radius 3 is 2.47 bits per heavy atom. The summed E-state index contributed by atoms with van der Waals surface area (Å²) in [6.45, 7) is 0. The maximum Gasteiger partial charge on any atom is 0.260 e. The number of nitrogens with zero attached hydrogens (tertiary/aromatic N) is 1. The highest BCUT2D eigenvalue weighted by Crippen LogP contribution is 2.22. The van der Waals surface area contributed by atoms with Crippen LogP contribution in [0.3, 0.4) is 0 Å². The molecule has 19 heavy (non-hydrogen) atoms. The van der Waals surface area contributed by atoms with Gasteiger partial charge in [-0.25, -0.2) is 17.2 Å². The Morgan fingerprint density at radius 1 is 1.37 bits per heavy atom.